The highest BCUT2D eigenvalue weighted by atomic mass is 16.4. The van der Waals surface area contributed by atoms with E-state index in [4.69, 9.17) is 5.11 Å². The number of carbonyl (C=O) groups is 3. The Morgan fingerprint density at radius 2 is 2.04 bits per heavy atom. The lowest BCUT2D eigenvalue weighted by Gasteiger charge is -2.25. The standard InChI is InChI=1S/C15H22N4O4/c1-10-15(11(2)19(17-10)8-6-14(22)23)16-12(20)9-18-7-4-3-5-13(18)21/h3-9H2,1-2H3,(H,16,20)(H,22,23). The summed E-state index contributed by atoms with van der Waals surface area (Å²) in [5.41, 5.74) is 1.93. The van der Waals surface area contributed by atoms with Gasteiger partial charge in [0.15, 0.2) is 0 Å². The normalized spacial score (nSPS) is 14.9. The van der Waals surface area contributed by atoms with Gasteiger partial charge >= 0.3 is 5.97 Å². The molecule has 2 amide bonds. The number of nitrogens with one attached hydrogen (secondary N) is 1. The SMILES string of the molecule is Cc1nn(CCC(=O)O)c(C)c1NC(=O)CN1CCCCC1=O. The highest BCUT2D eigenvalue weighted by molar-refractivity contribution is 5.95. The summed E-state index contributed by atoms with van der Waals surface area (Å²) in [7, 11) is 0. The predicted molar refractivity (Wildman–Crippen MR) is 83.0 cm³/mol. The number of nitrogens with zero attached hydrogens (tertiary/aromatic N) is 3. The summed E-state index contributed by atoms with van der Waals surface area (Å²) >= 11 is 0. The van der Waals surface area contributed by atoms with Crippen molar-refractivity contribution in [1.82, 2.24) is 14.7 Å². The third-order valence-corrected chi connectivity index (χ3v) is 3.94. The number of carbonyl (C=O) groups excluding carboxylic acids is 2. The molecular weight excluding hydrogens is 300 g/mol. The number of amides is 2. The zero-order valence-corrected chi connectivity index (χ0v) is 13.5. The van der Waals surface area contributed by atoms with E-state index < -0.39 is 5.97 Å². The molecule has 0 atom stereocenters. The number of piperidine rings is 1. The van der Waals surface area contributed by atoms with Crippen molar-refractivity contribution in [3.8, 4) is 0 Å². The number of aliphatic carboxylic acids is 1. The van der Waals surface area contributed by atoms with Crippen LogP contribution in [0.25, 0.3) is 0 Å². The van der Waals surface area contributed by atoms with Crippen molar-refractivity contribution in [1.29, 1.82) is 0 Å². The molecule has 1 aliphatic rings. The van der Waals surface area contributed by atoms with Gasteiger partial charge in [-0.25, -0.2) is 0 Å². The fraction of sp³-hybridized carbons (Fsp3) is 0.600. The lowest BCUT2D eigenvalue weighted by atomic mass is 10.1. The van der Waals surface area contributed by atoms with Crippen molar-refractivity contribution in [3.05, 3.63) is 11.4 Å². The first-order valence-electron chi connectivity index (χ1n) is 7.72. The summed E-state index contributed by atoms with van der Waals surface area (Å²) in [5.74, 6) is -1.15. The number of anilines is 1. The maximum absolute atomic E-state index is 12.2. The average molecular weight is 322 g/mol. The van der Waals surface area contributed by atoms with E-state index in [0.29, 0.717) is 30.0 Å². The minimum Gasteiger partial charge on any atom is -0.481 e. The van der Waals surface area contributed by atoms with Gasteiger partial charge in [-0.05, 0) is 26.7 Å². The summed E-state index contributed by atoms with van der Waals surface area (Å²) in [6.45, 7) is 4.44. The molecule has 1 fully saturated rings. The molecule has 0 radical (unpaired) electrons. The number of hydrogen-bond donors (Lipinski definition) is 2. The minimum absolute atomic E-state index is 0.0111. The van der Waals surface area contributed by atoms with Gasteiger partial charge in [0.05, 0.1) is 36.6 Å². The van der Waals surface area contributed by atoms with Gasteiger partial charge in [-0.15, -0.1) is 0 Å². The van der Waals surface area contributed by atoms with E-state index in [0.717, 1.165) is 12.8 Å². The first-order chi connectivity index (χ1) is 10.9. The molecule has 0 saturated carbocycles. The molecule has 0 unspecified atom stereocenters. The number of carboxylic acids is 1. The minimum atomic E-state index is -0.897. The van der Waals surface area contributed by atoms with Crippen LogP contribution in [0, 0.1) is 13.8 Å². The molecule has 1 aliphatic heterocycles. The van der Waals surface area contributed by atoms with E-state index in [1.54, 1.807) is 23.4 Å². The Morgan fingerprint density at radius 1 is 1.30 bits per heavy atom. The van der Waals surface area contributed by atoms with E-state index >= 15 is 0 Å². The highest BCUT2D eigenvalue weighted by Gasteiger charge is 2.22. The van der Waals surface area contributed by atoms with Crippen LogP contribution in [-0.2, 0) is 20.9 Å². The van der Waals surface area contributed by atoms with Gasteiger partial charge < -0.3 is 15.3 Å². The first kappa shape index (κ1) is 17.0. The highest BCUT2D eigenvalue weighted by Crippen LogP contribution is 2.20. The Kier molecular flexibility index (Phi) is 5.36. The third-order valence-electron chi connectivity index (χ3n) is 3.94. The van der Waals surface area contributed by atoms with Crippen molar-refractivity contribution >= 4 is 23.5 Å². The van der Waals surface area contributed by atoms with Gasteiger partial charge in [0.1, 0.15) is 0 Å². The second kappa shape index (κ2) is 7.26. The van der Waals surface area contributed by atoms with Gasteiger partial charge in [0, 0.05) is 13.0 Å². The number of hydrogen-bond acceptors (Lipinski definition) is 4. The Bertz CT molecular complexity index is 623. The molecule has 1 aromatic heterocycles. The van der Waals surface area contributed by atoms with Crippen LogP contribution in [0.5, 0.6) is 0 Å². The second-order valence-corrected chi connectivity index (χ2v) is 5.73. The molecule has 0 bridgehead atoms. The predicted octanol–water partition coefficient (Wildman–Crippen LogP) is 0.926. The Morgan fingerprint density at radius 3 is 2.70 bits per heavy atom. The molecule has 8 heteroatoms. The number of likely N-dealkylation sites (tertiary alicyclic amines) is 1. The van der Waals surface area contributed by atoms with E-state index in [9.17, 15) is 14.4 Å². The topological polar surface area (TPSA) is 105 Å². The number of aryl methyl sites for hydroxylation is 2. The molecule has 0 spiro atoms. The monoisotopic (exact) mass is 322 g/mol. The fourth-order valence-corrected chi connectivity index (χ4v) is 2.68. The van der Waals surface area contributed by atoms with E-state index in [2.05, 4.69) is 10.4 Å². The van der Waals surface area contributed by atoms with Crippen molar-refractivity contribution in [2.24, 2.45) is 0 Å². The van der Waals surface area contributed by atoms with Crippen LogP contribution >= 0.6 is 0 Å². The van der Waals surface area contributed by atoms with Crippen LogP contribution in [0.3, 0.4) is 0 Å². The summed E-state index contributed by atoms with van der Waals surface area (Å²) in [4.78, 5) is 36.1. The lowest BCUT2D eigenvalue weighted by Crippen LogP contribution is -2.40. The fourth-order valence-electron chi connectivity index (χ4n) is 2.68. The number of rotatable bonds is 6. The molecule has 1 aromatic rings. The molecule has 0 aromatic carbocycles. The van der Waals surface area contributed by atoms with Gasteiger partial charge in [-0.3, -0.25) is 19.1 Å². The van der Waals surface area contributed by atoms with Crippen LogP contribution in [-0.4, -0.2) is 50.7 Å². The van der Waals surface area contributed by atoms with Crippen molar-refractivity contribution in [2.45, 2.75) is 46.1 Å². The lowest BCUT2D eigenvalue weighted by molar-refractivity contribution is -0.137. The molecule has 23 heavy (non-hydrogen) atoms. The largest absolute Gasteiger partial charge is 0.481 e. The quantitative estimate of drug-likeness (QED) is 0.810. The molecule has 2 heterocycles. The van der Waals surface area contributed by atoms with Crippen molar-refractivity contribution < 1.29 is 19.5 Å². The average Bonchev–Trinajstić information content (AvgIpc) is 2.75. The third kappa shape index (κ3) is 4.30. The van der Waals surface area contributed by atoms with Crippen LogP contribution in [0.4, 0.5) is 5.69 Å². The van der Waals surface area contributed by atoms with Crippen molar-refractivity contribution in [3.63, 3.8) is 0 Å². The maximum Gasteiger partial charge on any atom is 0.305 e. The summed E-state index contributed by atoms with van der Waals surface area (Å²) < 4.78 is 1.57. The first-order valence-corrected chi connectivity index (χ1v) is 7.72. The van der Waals surface area contributed by atoms with Crippen LogP contribution in [0.2, 0.25) is 0 Å². The van der Waals surface area contributed by atoms with Crippen LogP contribution < -0.4 is 5.32 Å². The molecule has 2 rings (SSSR count). The zero-order valence-electron chi connectivity index (χ0n) is 13.5. The Hall–Kier alpha value is -2.38. The van der Waals surface area contributed by atoms with E-state index in [1.165, 1.54) is 0 Å². The van der Waals surface area contributed by atoms with E-state index in [-0.39, 0.29) is 31.3 Å². The zero-order chi connectivity index (χ0) is 17.0. The molecule has 8 nitrogen and oxygen atoms in total. The number of aromatic nitrogens is 2. The van der Waals surface area contributed by atoms with Gasteiger partial charge in [-0.1, -0.05) is 0 Å². The van der Waals surface area contributed by atoms with Gasteiger partial charge in [0.25, 0.3) is 0 Å². The van der Waals surface area contributed by atoms with Crippen LogP contribution in [0.1, 0.15) is 37.1 Å². The van der Waals surface area contributed by atoms with Gasteiger partial charge in [0.2, 0.25) is 11.8 Å². The summed E-state index contributed by atoms with van der Waals surface area (Å²) in [6.07, 6.45) is 2.27. The second-order valence-electron chi connectivity index (χ2n) is 5.73. The maximum atomic E-state index is 12.2. The molecule has 0 aliphatic carbocycles. The molecule has 2 N–H and O–H groups in total. The summed E-state index contributed by atoms with van der Waals surface area (Å²) in [5, 5.41) is 15.8. The molecule has 1 saturated heterocycles. The van der Waals surface area contributed by atoms with Crippen molar-refractivity contribution in [2.75, 3.05) is 18.4 Å². The Balaban J connectivity index is 2.00. The van der Waals surface area contributed by atoms with Gasteiger partial charge in [-0.2, -0.15) is 5.10 Å². The Labute approximate surface area is 134 Å². The van der Waals surface area contributed by atoms with Crippen LogP contribution in [0.15, 0.2) is 0 Å². The number of carboxylic acid groups (broad SMARTS) is 1. The smallest absolute Gasteiger partial charge is 0.305 e. The molecule has 126 valence electrons. The molecular formula is C15H22N4O4. The van der Waals surface area contributed by atoms with E-state index in [1.807, 2.05) is 0 Å². The summed E-state index contributed by atoms with van der Waals surface area (Å²) in [6, 6.07) is 0.